The van der Waals surface area contributed by atoms with Crippen LogP contribution in [0.15, 0.2) is 0 Å². The van der Waals surface area contributed by atoms with Crippen LogP contribution in [0.1, 0.15) is 52.9 Å². The van der Waals surface area contributed by atoms with Crippen LogP contribution in [-0.2, 0) is 19.1 Å². The van der Waals surface area contributed by atoms with Gasteiger partial charge in [0.1, 0.15) is 6.10 Å². The zero-order chi connectivity index (χ0) is 19.1. The molecule has 3 N–H and O–H groups in total. The van der Waals surface area contributed by atoms with E-state index in [9.17, 15) is 19.8 Å². The smallest absolute Gasteiger partial charge is 0.306 e. The number of aliphatic hydroxyl groups is 2. The molecule has 0 aromatic rings. The SMILES string of the molecule is CC1(C)C[C@@H]2C3C4O[C@@]21CC[C@@](C)(O)C4[C@@H](OC(=O)CCC(=O)O)[C@@H]3O. The number of carboxylic acids is 1. The van der Waals surface area contributed by atoms with Crippen molar-refractivity contribution in [2.24, 2.45) is 23.2 Å². The second-order valence-corrected chi connectivity index (χ2v) is 9.47. The fourth-order valence-electron chi connectivity index (χ4n) is 6.32. The highest BCUT2D eigenvalue weighted by atomic mass is 16.6. The number of esters is 1. The fourth-order valence-corrected chi connectivity index (χ4v) is 6.32. The number of hydrogen-bond donors (Lipinski definition) is 3. The van der Waals surface area contributed by atoms with Gasteiger partial charge in [-0.15, -0.1) is 0 Å². The van der Waals surface area contributed by atoms with Gasteiger partial charge in [0.2, 0.25) is 0 Å². The predicted molar refractivity (Wildman–Crippen MR) is 89.1 cm³/mol. The molecule has 0 amide bonds. The molecule has 4 aliphatic rings. The van der Waals surface area contributed by atoms with Gasteiger partial charge in [-0.05, 0) is 37.5 Å². The third-order valence-corrected chi connectivity index (χ3v) is 7.64. The van der Waals surface area contributed by atoms with E-state index in [-0.39, 0.29) is 41.8 Å². The number of aliphatic hydroxyl groups excluding tert-OH is 1. The average molecular weight is 368 g/mol. The van der Waals surface area contributed by atoms with E-state index >= 15 is 0 Å². The molecule has 2 saturated heterocycles. The van der Waals surface area contributed by atoms with E-state index in [1.807, 2.05) is 0 Å². The van der Waals surface area contributed by atoms with Gasteiger partial charge in [0.15, 0.2) is 0 Å². The molecule has 3 unspecified atom stereocenters. The van der Waals surface area contributed by atoms with Crippen molar-refractivity contribution in [3.63, 3.8) is 0 Å². The Balaban J connectivity index is 1.61. The lowest BCUT2D eigenvalue weighted by Gasteiger charge is -2.59. The van der Waals surface area contributed by atoms with Crippen molar-refractivity contribution in [1.29, 1.82) is 0 Å². The van der Waals surface area contributed by atoms with E-state index < -0.39 is 35.7 Å². The van der Waals surface area contributed by atoms with Crippen LogP contribution in [0.5, 0.6) is 0 Å². The monoisotopic (exact) mass is 368 g/mol. The maximum Gasteiger partial charge on any atom is 0.306 e. The molecule has 4 rings (SSSR count). The summed E-state index contributed by atoms with van der Waals surface area (Å²) in [6, 6.07) is 0. The molecule has 4 fully saturated rings. The van der Waals surface area contributed by atoms with E-state index in [2.05, 4.69) is 13.8 Å². The normalized spacial score (nSPS) is 50.5. The highest BCUT2D eigenvalue weighted by molar-refractivity contribution is 5.76. The third-order valence-electron chi connectivity index (χ3n) is 7.64. The van der Waals surface area contributed by atoms with Crippen molar-refractivity contribution < 1.29 is 34.4 Å². The third kappa shape index (κ3) is 2.23. The van der Waals surface area contributed by atoms with E-state index in [0.717, 1.165) is 12.8 Å². The Labute approximate surface area is 152 Å². The van der Waals surface area contributed by atoms with Crippen molar-refractivity contribution in [2.45, 2.75) is 82.4 Å². The number of aliphatic carboxylic acids is 1. The molecule has 0 aromatic heterocycles. The summed E-state index contributed by atoms with van der Waals surface area (Å²) in [6.45, 7) is 6.08. The van der Waals surface area contributed by atoms with Crippen LogP contribution in [0.3, 0.4) is 0 Å². The summed E-state index contributed by atoms with van der Waals surface area (Å²) in [4.78, 5) is 22.8. The average Bonchev–Trinajstić information content (AvgIpc) is 2.89. The minimum atomic E-state index is -1.11. The molecule has 26 heavy (non-hydrogen) atoms. The topological polar surface area (TPSA) is 113 Å². The second kappa shape index (κ2) is 5.42. The van der Waals surface area contributed by atoms with Crippen molar-refractivity contribution in [3.8, 4) is 0 Å². The molecule has 2 aliphatic carbocycles. The van der Waals surface area contributed by atoms with Gasteiger partial charge in [-0.25, -0.2) is 0 Å². The van der Waals surface area contributed by atoms with Crippen LogP contribution >= 0.6 is 0 Å². The van der Waals surface area contributed by atoms with Gasteiger partial charge in [0.05, 0.1) is 42.2 Å². The Morgan fingerprint density at radius 2 is 1.88 bits per heavy atom. The lowest BCUT2D eigenvalue weighted by atomic mass is 9.48. The van der Waals surface area contributed by atoms with Crippen LogP contribution in [-0.4, -0.2) is 56.8 Å². The molecule has 0 radical (unpaired) electrons. The second-order valence-electron chi connectivity index (χ2n) is 9.47. The summed E-state index contributed by atoms with van der Waals surface area (Å²) >= 11 is 0. The summed E-state index contributed by atoms with van der Waals surface area (Å²) in [5.41, 5.74) is -1.43. The van der Waals surface area contributed by atoms with E-state index in [0.29, 0.717) is 6.42 Å². The van der Waals surface area contributed by atoms with Gasteiger partial charge < -0.3 is 24.8 Å². The summed E-state index contributed by atoms with van der Waals surface area (Å²) in [5, 5.41) is 30.8. The van der Waals surface area contributed by atoms with Crippen LogP contribution in [0.2, 0.25) is 0 Å². The molecule has 1 spiro atoms. The van der Waals surface area contributed by atoms with Gasteiger partial charge in [0, 0.05) is 5.92 Å². The number of fused-ring (bicyclic) bond motifs is 1. The van der Waals surface area contributed by atoms with E-state index in [1.54, 1.807) is 6.92 Å². The molecule has 7 nitrogen and oxygen atoms in total. The Morgan fingerprint density at radius 1 is 1.19 bits per heavy atom. The summed E-state index contributed by atoms with van der Waals surface area (Å²) < 4.78 is 12.0. The maximum atomic E-state index is 12.1. The number of ether oxygens (including phenoxy) is 2. The van der Waals surface area contributed by atoms with Crippen LogP contribution in [0, 0.1) is 23.2 Å². The maximum absolute atomic E-state index is 12.1. The zero-order valence-electron chi connectivity index (χ0n) is 15.5. The Morgan fingerprint density at radius 3 is 2.50 bits per heavy atom. The first-order valence-electron chi connectivity index (χ1n) is 9.50. The lowest BCUT2D eigenvalue weighted by molar-refractivity contribution is -0.214. The minimum absolute atomic E-state index is 0.000355. The molecule has 8 atom stereocenters. The number of hydrogen-bond acceptors (Lipinski definition) is 6. The number of rotatable bonds is 4. The first-order valence-corrected chi connectivity index (χ1v) is 9.50. The quantitative estimate of drug-likeness (QED) is 0.637. The Bertz CT molecular complexity index is 642. The standard InChI is InChI=1S/C19H28O7/c1-17(2)8-9-12-14(23)16(25-11(22)5-4-10(20)21)13-15(12)26-19(9,17)7-6-18(13,3)24/h9,12-16,23-24H,4-8H2,1-3H3,(H,20,21)/t9-,12?,13?,14-,15?,16-,18-,19+/m1/s1. The molecule has 2 heterocycles. The largest absolute Gasteiger partial charge is 0.481 e. The number of carbonyl (C=O) groups is 2. The van der Waals surface area contributed by atoms with Gasteiger partial charge in [-0.2, -0.15) is 0 Å². The zero-order valence-corrected chi connectivity index (χ0v) is 15.5. The molecule has 2 saturated carbocycles. The molecule has 2 bridgehead atoms. The van der Waals surface area contributed by atoms with Crippen molar-refractivity contribution in [1.82, 2.24) is 0 Å². The Kier molecular flexibility index (Phi) is 3.80. The lowest BCUT2D eigenvalue weighted by Crippen LogP contribution is -2.61. The van der Waals surface area contributed by atoms with Crippen molar-refractivity contribution in [2.75, 3.05) is 0 Å². The molecule has 0 aromatic carbocycles. The molecule has 146 valence electrons. The minimum Gasteiger partial charge on any atom is -0.481 e. The number of carbonyl (C=O) groups excluding carboxylic acids is 1. The Hall–Kier alpha value is -1.18. The molecular weight excluding hydrogens is 340 g/mol. The van der Waals surface area contributed by atoms with Gasteiger partial charge >= 0.3 is 11.9 Å². The van der Waals surface area contributed by atoms with Crippen molar-refractivity contribution in [3.05, 3.63) is 0 Å². The fraction of sp³-hybridized carbons (Fsp3) is 0.895. The summed E-state index contributed by atoms with van der Waals surface area (Å²) in [6.07, 6.45) is -0.459. The highest BCUT2D eigenvalue weighted by Gasteiger charge is 2.77. The van der Waals surface area contributed by atoms with Gasteiger partial charge in [0.25, 0.3) is 0 Å². The summed E-state index contributed by atoms with van der Waals surface area (Å²) in [5.74, 6) is -2.18. The van der Waals surface area contributed by atoms with Crippen LogP contribution < -0.4 is 0 Å². The highest BCUT2D eigenvalue weighted by Crippen LogP contribution is 2.71. The number of carboxylic acid groups (broad SMARTS) is 1. The van der Waals surface area contributed by atoms with Crippen LogP contribution in [0.25, 0.3) is 0 Å². The molecule has 7 heteroatoms. The molecule has 2 aliphatic heterocycles. The van der Waals surface area contributed by atoms with Gasteiger partial charge in [-0.3, -0.25) is 9.59 Å². The first kappa shape index (κ1) is 18.2. The van der Waals surface area contributed by atoms with E-state index in [4.69, 9.17) is 14.6 Å². The first-order chi connectivity index (χ1) is 12.0. The molecular formula is C19H28O7. The van der Waals surface area contributed by atoms with E-state index in [1.165, 1.54) is 0 Å². The summed E-state index contributed by atoms with van der Waals surface area (Å²) in [7, 11) is 0. The van der Waals surface area contributed by atoms with Crippen LogP contribution in [0.4, 0.5) is 0 Å². The predicted octanol–water partition coefficient (Wildman–Crippen LogP) is 1.10. The van der Waals surface area contributed by atoms with Crippen molar-refractivity contribution >= 4 is 11.9 Å². The van der Waals surface area contributed by atoms with Gasteiger partial charge in [-0.1, -0.05) is 13.8 Å².